The van der Waals surface area contributed by atoms with Crippen molar-refractivity contribution in [2.24, 2.45) is 0 Å². The average Bonchev–Trinajstić information content (AvgIpc) is 3.02. The Hall–Kier alpha value is -2.91. The van der Waals surface area contributed by atoms with E-state index in [-0.39, 0.29) is 5.91 Å². The molecule has 0 unspecified atom stereocenters. The van der Waals surface area contributed by atoms with Gasteiger partial charge in [0, 0.05) is 48.2 Å². The SMILES string of the molecule is CCC(=O)Nc1ccc(Sn2nc(C)cc2Nc2cc(COC)ncn2)cc1. The molecule has 1 aromatic carbocycles. The highest BCUT2D eigenvalue weighted by atomic mass is 32.2. The van der Waals surface area contributed by atoms with E-state index in [1.807, 2.05) is 50.2 Å². The molecule has 146 valence electrons. The fraction of sp³-hybridized carbons (Fsp3) is 0.263. The molecule has 2 N–H and O–H groups in total. The number of nitrogens with zero attached hydrogens (tertiary/aromatic N) is 4. The highest BCUT2D eigenvalue weighted by molar-refractivity contribution is 7.97. The summed E-state index contributed by atoms with van der Waals surface area (Å²) in [6.07, 6.45) is 1.95. The van der Waals surface area contributed by atoms with Gasteiger partial charge in [-0.15, -0.1) is 0 Å². The van der Waals surface area contributed by atoms with Crippen LogP contribution in [0.4, 0.5) is 17.3 Å². The second-order valence-corrected chi connectivity index (χ2v) is 7.01. The van der Waals surface area contributed by atoms with Crippen LogP contribution in [-0.4, -0.2) is 32.2 Å². The fourth-order valence-corrected chi connectivity index (χ4v) is 3.23. The zero-order valence-corrected chi connectivity index (χ0v) is 16.8. The molecule has 2 aromatic heterocycles. The van der Waals surface area contributed by atoms with Crippen LogP contribution in [0.15, 0.2) is 47.6 Å². The lowest BCUT2D eigenvalue weighted by Gasteiger charge is -2.10. The summed E-state index contributed by atoms with van der Waals surface area (Å²) < 4.78 is 6.91. The molecule has 0 atom stereocenters. The Balaban J connectivity index is 1.73. The molecule has 0 aliphatic carbocycles. The first-order valence-electron chi connectivity index (χ1n) is 8.79. The summed E-state index contributed by atoms with van der Waals surface area (Å²) in [5.41, 5.74) is 2.45. The maximum atomic E-state index is 11.5. The van der Waals surface area contributed by atoms with E-state index in [2.05, 4.69) is 25.7 Å². The standard InChI is InChI=1S/C19H22N6O2S/c1-4-19(26)22-14-5-7-16(8-6-14)28-25-18(9-13(2)24-25)23-17-10-15(11-27-3)20-12-21-17/h5-10,12H,4,11H2,1-3H3,(H,22,26)(H,20,21,23). The number of carbonyl (C=O) groups excluding carboxylic acids is 1. The van der Waals surface area contributed by atoms with Crippen LogP contribution in [0.2, 0.25) is 0 Å². The third-order valence-corrected chi connectivity index (χ3v) is 4.66. The van der Waals surface area contributed by atoms with Gasteiger partial charge in [-0.2, -0.15) is 9.19 Å². The molecule has 0 saturated heterocycles. The van der Waals surface area contributed by atoms with Crippen molar-refractivity contribution in [2.45, 2.75) is 31.8 Å². The highest BCUT2D eigenvalue weighted by Gasteiger charge is 2.09. The zero-order chi connectivity index (χ0) is 19.9. The Labute approximate surface area is 167 Å². The van der Waals surface area contributed by atoms with E-state index < -0.39 is 0 Å². The second-order valence-electron chi connectivity index (χ2n) is 6.01. The van der Waals surface area contributed by atoms with Crippen molar-refractivity contribution < 1.29 is 9.53 Å². The van der Waals surface area contributed by atoms with Crippen molar-refractivity contribution in [3.05, 3.63) is 54.1 Å². The van der Waals surface area contributed by atoms with Gasteiger partial charge in [-0.25, -0.2) is 9.97 Å². The fourth-order valence-electron chi connectivity index (χ4n) is 2.40. The van der Waals surface area contributed by atoms with Gasteiger partial charge >= 0.3 is 0 Å². The van der Waals surface area contributed by atoms with E-state index >= 15 is 0 Å². The summed E-state index contributed by atoms with van der Waals surface area (Å²) in [4.78, 5) is 20.9. The van der Waals surface area contributed by atoms with Gasteiger partial charge in [-0.3, -0.25) is 4.79 Å². The molecule has 0 spiro atoms. The van der Waals surface area contributed by atoms with E-state index in [1.165, 1.54) is 18.3 Å². The van der Waals surface area contributed by atoms with Gasteiger partial charge in [0.25, 0.3) is 0 Å². The van der Waals surface area contributed by atoms with Gasteiger partial charge in [-0.1, -0.05) is 6.92 Å². The molecule has 28 heavy (non-hydrogen) atoms. The normalized spacial score (nSPS) is 10.7. The Bertz CT molecular complexity index is 942. The number of nitrogens with one attached hydrogen (secondary N) is 2. The molecular formula is C19H22N6O2S. The van der Waals surface area contributed by atoms with Crippen LogP contribution < -0.4 is 10.6 Å². The van der Waals surface area contributed by atoms with Crippen molar-refractivity contribution in [3.8, 4) is 0 Å². The number of hydrogen-bond donors (Lipinski definition) is 2. The predicted molar refractivity (Wildman–Crippen MR) is 110 cm³/mol. The first-order chi connectivity index (χ1) is 13.6. The number of rotatable bonds is 8. The van der Waals surface area contributed by atoms with Gasteiger partial charge in [0.05, 0.1) is 18.0 Å². The monoisotopic (exact) mass is 398 g/mol. The molecule has 0 aliphatic rings. The van der Waals surface area contributed by atoms with Crippen LogP contribution in [0.3, 0.4) is 0 Å². The van der Waals surface area contributed by atoms with Gasteiger partial charge < -0.3 is 15.4 Å². The van der Waals surface area contributed by atoms with E-state index in [9.17, 15) is 4.79 Å². The Morgan fingerprint density at radius 2 is 2.00 bits per heavy atom. The number of anilines is 3. The van der Waals surface area contributed by atoms with Crippen molar-refractivity contribution in [2.75, 3.05) is 17.7 Å². The number of aryl methyl sites for hydroxylation is 1. The predicted octanol–water partition coefficient (Wildman–Crippen LogP) is 3.78. The van der Waals surface area contributed by atoms with Gasteiger partial charge in [0.1, 0.15) is 18.0 Å². The molecule has 9 heteroatoms. The summed E-state index contributed by atoms with van der Waals surface area (Å²) in [5.74, 6) is 1.46. The molecule has 0 bridgehead atoms. The number of amides is 1. The number of ether oxygens (including phenoxy) is 1. The van der Waals surface area contributed by atoms with Gasteiger partial charge in [0.2, 0.25) is 5.91 Å². The molecule has 3 aromatic rings. The molecule has 0 radical (unpaired) electrons. The Kier molecular flexibility index (Phi) is 6.62. The second kappa shape index (κ2) is 9.34. The van der Waals surface area contributed by atoms with Crippen LogP contribution in [-0.2, 0) is 16.1 Å². The number of aromatic nitrogens is 4. The summed E-state index contributed by atoms with van der Waals surface area (Å²) in [6, 6.07) is 11.4. The molecular weight excluding hydrogens is 376 g/mol. The smallest absolute Gasteiger partial charge is 0.224 e. The molecule has 3 rings (SSSR count). The van der Waals surface area contributed by atoms with Crippen molar-refractivity contribution in [1.82, 2.24) is 19.2 Å². The third kappa shape index (κ3) is 5.30. The van der Waals surface area contributed by atoms with Crippen LogP contribution in [0, 0.1) is 6.92 Å². The van der Waals surface area contributed by atoms with Gasteiger partial charge in [-0.05, 0) is 31.2 Å². The molecule has 1 amide bonds. The van der Waals surface area contributed by atoms with Gasteiger partial charge in [0.15, 0.2) is 0 Å². The lowest BCUT2D eigenvalue weighted by atomic mass is 10.3. The number of benzene rings is 1. The lowest BCUT2D eigenvalue weighted by Crippen LogP contribution is -2.09. The largest absolute Gasteiger partial charge is 0.378 e. The van der Waals surface area contributed by atoms with Crippen molar-refractivity contribution in [1.29, 1.82) is 0 Å². The summed E-state index contributed by atoms with van der Waals surface area (Å²) in [6.45, 7) is 4.18. The molecule has 0 fully saturated rings. The minimum absolute atomic E-state index is 0.00714. The maximum Gasteiger partial charge on any atom is 0.224 e. The van der Waals surface area contributed by atoms with E-state index in [1.54, 1.807) is 11.2 Å². The van der Waals surface area contributed by atoms with Crippen LogP contribution in [0.5, 0.6) is 0 Å². The lowest BCUT2D eigenvalue weighted by molar-refractivity contribution is -0.115. The Morgan fingerprint density at radius 3 is 2.71 bits per heavy atom. The van der Waals surface area contributed by atoms with E-state index in [0.29, 0.717) is 18.8 Å². The van der Waals surface area contributed by atoms with E-state index in [4.69, 9.17) is 4.74 Å². The van der Waals surface area contributed by atoms with Crippen molar-refractivity contribution in [3.63, 3.8) is 0 Å². The van der Waals surface area contributed by atoms with Crippen LogP contribution in [0.25, 0.3) is 0 Å². The van der Waals surface area contributed by atoms with Crippen LogP contribution >= 0.6 is 11.9 Å². The molecule has 2 heterocycles. The quantitative estimate of drug-likeness (QED) is 0.596. The third-order valence-electron chi connectivity index (χ3n) is 3.72. The minimum Gasteiger partial charge on any atom is -0.378 e. The zero-order valence-electron chi connectivity index (χ0n) is 16.0. The molecule has 8 nitrogen and oxygen atoms in total. The maximum absolute atomic E-state index is 11.5. The Morgan fingerprint density at radius 1 is 1.21 bits per heavy atom. The first kappa shape index (κ1) is 19.8. The molecule has 0 aliphatic heterocycles. The number of hydrogen-bond acceptors (Lipinski definition) is 7. The first-order valence-corrected chi connectivity index (χ1v) is 9.56. The minimum atomic E-state index is -0.00714. The number of methoxy groups -OCH3 is 1. The summed E-state index contributed by atoms with van der Waals surface area (Å²) in [7, 11) is 1.63. The molecule has 0 saturated carbocycles. The summed E-state index contributed by atoms with van der Waals surface area (Å²) >= 11 is 1.46. The van der Waals surface area contributed by atoms with Crippen molar-refractivity contribution >= 4 is 35.2 Å². The summed E-state index contributed by atoms with van der Waals surface area (Å²) in [5, 5.41) is 10.6. The van der Waals surface area contributed by atoms with Crippen LogP contribution in [0.1, 0.15) is 24.7 Å². The topological polar surface area (TPSA) is 94.0 Å². The average molecular weight is 398 g/mol. The number of carbonyl (C=O) groups is 1. The van der Waals surface area contributed by atoms with E-state index in [0.717, 1.165) is 27.8 Å². The highest BCUT2D eigenvalue weighted by Crippen LogP contribution is 2.27.